The number of pyridine rings is 1. The van der Waals surface area contributed by atoms with Gasteiger partial charge in [-0.05, 0) is 39.0 Å². The average Bonchev–Trinajstić information content (AvgIpc) is 3.15. The van der Waals surface area contributed by atoms with Gasteiger partial charge in [0.05, 0.1) is 17.4 Å². The predicted octanol–water partition coefficient (Wildman–Crippen LogP) is 2.30. The molecule has 1 atom stereocenters. The third-order valence-corrected chi connectivity index (χ3v) is 3.76. The standard InChI is InChI=1S/C16H18N6O/c1-9(15-10(2)19-20-11(15)3)18-16(23)14-8-13(21-22-14)12-4-6-17-7-5-12/h4-9H,1-3H3,(H,18,23)(H,19,20)(H,21,22)/t9-/m1/s1. The lowest BCUT2D eigenvalue weighted by atomic mass is 10.1. The van der Waals surface area contributed by atoms with Crippen LogP contribution in [0.3, 0.4) is 0 Å². The lowest BCUT2D eigenvalue weighted by Crippen LogP contribution is -2.27. The van der Waals surface area contributed by atoms with E-state index in [1.807, 2.05) is 32.9 Å². The molecule has 0 unspecified atom stereocenters. The minimum absolute atomic E-state index is 0.145. The fourth-order valence-electron chi connectivity index (χ4n) is 2.65. The van der Waals surface area contributed by atoms with E-state index in [4.69, 9.17) is 0 Å². The summed E-state index contributed by atoms with van der Waals surface area (Å²) in [7, 11) is 0. The summed E-state index contributed by atoms with van der Waals surface area (Å²) in [6.07, 6.45) is 3.38. The first-order valence-corrected chi connectivity index (χ1v) is 7.34. The van der Waals surface area contributed by atoms with E-state index in [-0.39, 0.29) is 11.9 Å². The summed E-state index contributed by atoms with van der Waals surface area (Å²) in [4.78, 5) is 16.4. The van der Waals surface area contributed by atoms with Crippen molar-refractivity contribution in [1.29, 1.82) is 0 Å². The summed E-state index contributed by atoms with van der Waals surface area (Å²) in [6.45, 7) is 5.79. The molecule has 0 radical (unpaired) electrons. The molecule has 0 aromatic carbocycles. The monoisotopic (exact) mass is 310 g/mol. The van der Waals surface area contributed by atoms with E-state index >= 15 is 0 Å². The van der Waals surface area contributed by atoms with Gasteiger partial charge < -0.3 is 5.32 Å². The summed E-state index contributed by atoms with van der Waals surface area (Å²) in [5.74, 6) is -0.203. The van der Waals surface area contributed by atoms with Crippen molar-refractivity contribution in [3.8, 4) is 11.3 Å². The molecule has 3 aromatic rings. The summed E-state index contributed by atoms with van der Waals surface area (Å²) in [6, 6.07) is 5.28. The fraction of sp³-hybridized carbons (Fsp3) is 0.250. The Labute approximate surface area is 133 Å². The molecule has 1 amide bonds. The molecule has 0 fully saturated rings. The van der Waals surface area contributed by atoms with Crippen LogP contribution in [0.25, 0.3) is 11.3 Å². The lowest BCUT2D eigenvalue weighted by molar-refractivity contribution is 0.0934. The number of hydrogen-bond donors (Lipinski definition) is 3. The highest BCUT2D eigenvalue weighted by Crippen LogP contribution is 2.20. The highest BCUT2D eigenvalue weighted by Gasteiger charge is 2.18. The van der Waals surface area contributed by atoms with E-state index in [0.29, 0.717) is 11.4 Å². The van der Waals surface area contributed by atoms with E-state index in [9.17, 15) is 4.79 Å². The molecular weight excluding hydrogens is 292 g/mol. The van der Waals surface area contributed by atoms with Crippen molar-refractivity contribution in [3.05, 3.63) is 53.2 Å². The highest BCUT2D eigenvalue weighted by molar-refractivity contribution is 5.93. The zero-order valence-electron chi connectivity index (χ0n) is 13.2. The maximum atomic E-state index is 12.4. The van der Waals surface area contributed by atoms with E-state index in [2.05, 4.69) is 30.7 Å². The second-order valence-electron chi connectivity index (χ2n) is 5.45. The number of nitrogens with one attached hydrogen (secondary N) is 3. The summed E-state index contributed by atoms with van der Waals surface area (Å²) in [5.41, 5.74) is 4.88. The van der Waals surface area contributed by atoms with Crippen LogP contribution in [0.5, 0.6) is 0 Å². The average molecular weight is 310 g/mol. The molecule has 3 N–H and O–H groups in total. The molecule has 0 spiro atoms. The molecule has 0 bridgehead atoms. The summed E-state index contributed by atoms with van der Waals surface area (Å²) >= 11 is 0. The molecule has 3 heterocycles. The quantitative estimate of drug-likeness (QED) is 0.688. The van der Waals surface area contributed by atoms with Gasteiger partial charge in [0.1, 0.15) is 5.69 Å². The SMILES string of the molecule is Cc1n[nH]c(C)c1[C@@H](C)NC(=O)c1cc(-c2ccncc2)n[nH]1. The van der Waals surface area contributed by atoms with Gasteiger partial charge in [0.25, 0.3) is 5.91 Å². The number of aryl methyl sites for hydroxylation is 2. The Morgan fingerprint density at radius 2 is 1.91 bits per heavy atom. The molecule has 0 aliphatic rings. The Hall–Kier alpha value is -2.96. The zero-order chi connectivity index (χ0) is 16.4. The molecule has 0 aliphatic heterocycles. The van der Waals surface area contributed by atoms with Crippen molar-refractivity contribution in [1.82, 2.24) is 30.7 Å². The first-order chi connectivity index (χ1) is 11.1. The van der Waals surface area contributed by atoms with Crippen molar-refractivity contribution in [3.63, 3.8) is 0 Å². The van der Waals surface area contributed by atoms with Gasteiger partial charge in [-0.2, -0.15) is 10.2 Å². The van der Waals surface area contributed by atoms with Gasteiger partial charge in [0.15, 0.2) is 0 Å². The lowest BCUT2D eigenvalue weighted by Gasteiger charge is -2.13. The topological polar surface area (TPSA) is 99.3 Å². The Balaban J connectivity index is 1.76. The second kappa shape index (κ2) is 6.04. The maximum Gasteiger partial charge on any atom is 0.269 e. The number of carbonyl (C=O) groups is 1. The van der Waals surface area contributed by atoms with E-state index < -0.39 is 0 Å². The van der Waals surface area contributed by atoms with Crippen LogP contribution in [0.4, 0.5) is 0 Å². The van der Waals surface area contributed by atoms with E-state index in [1.54, 1.807) is 18.5 Å². The second-order valence-corrected chi connectivity index (χ2v) is 5.45. The van der Waals surface area contributed by atoms with Crippen molar-refractivity contribution in [2.45, 2.75) is 26.8 Å². The van der Waals surface area contributed by atoms with Gasteiger partial charge in [0.2, 0.25) is 0 Å². The highest BCUT2D eigenvalue weighted by atomic mass is 16.2. The smallest absolute Gasteiger partial charge is 0.269 e. The first-order valence-electron chi connectivity index (χ1n) is 7.34. The minimum atomic E-state index is -0.203. The molecule has 3 rings (SSSR count). The number of nitrogens with zero attached hydrogens (tertiary/aromatic N) is 3. The minimum Gasteiger partial charge on any atom is -0.344 e. The van der Waals surface area contributed by atoms with Crippen LogP contribution < -0.4 is 5.32 Å². The number of amides is 1. The largest absolute Gasteiger partial charge is 0.344 e. The van der Waals surface area contributed by atoms with Crippen LogP contribution in [-0.4, -0.2) is 31.3 Å². The molecule has 23 heavy (non-hydrogen) atoms. The van der Waals surface area contributed by atoms with Crippen molar-refractivity contribution in [2.75, 3.05) is 0 Å². The van der Waals surface area contributed by atoms with Crippen LogP contribution in [0.2, 0.25) is 0 Å². The predicted molar refractivity (Wildman–Crippen MR) is 85.8 cm³/mol. The van der Waals surface area contributed by atoms with Gasteiger partial charge >= 0.3 is 0 Å². The number of rotatable bonds is 4. The molecule has 0 aliphatic carbocycles. The van der Waals surface area contributed by atoms with Crippen LogP contribution in [0.15, 0.2) is 30.6 Å². The van der Waals surface area contributed by atoms with Crippen molar-refractivity contribution >= 4 is 5.91 Å². The Bertz CT molecular complexity index is 801. The summed E-state index contributed by atoms with van der Waals surface area (Å²) in [5, 5.41) is 17.0. The first kappa shape index (κ1) is 15.0. The maximum absolute atomic E-state index is 12.4. The van der Waals surface area contributed by atoms with Gasteiger partial charge in [-0.15, -0.1) is 0 Å². The third-order valence-electron chi connectivity index (χ3n) is 3.76. The third kappa shape index (κ3) is 2.98. The zero-order valence-corrected chi connectivity index (χ0v) is 13.2. The Morgan fingerprint density at radius 3 is 2.57 bits per heavy atom. The Kier molecular flexibility index (Phi) is 3.92. The molecule has 0 saturated carbocycles. The number of hydrogen-bond acceptors (Lipinski definition) is 4. The number of H-pyrrole nitrogens is 2. The number of aromatic nitrogens is 5. The van der Waals surface area contributed by atoms with Crippen molar-refractivity contribution in [2.24, 2.45) is 0 Å². The van der Waals surface area contributed by atoms with Gasteiger partial charge in [-0.3, -0.25) is 20.0 Å². The fourth-order valence-corrected chi connectivity index (χ4v) is 2.65. The van der Waals surface area contributed by atoms with Crippen LogP contribution >= 0.6 is 0 Å². The number of carbonyl (C=O) groups excluding carboxylic acids is 1. The van der Waals surface area contributed by atoms with Crippen LogP contribution in [0, 0.1) is 13.8 Å². The van der Waals surface area contributed by atoms with Gasteiger partial charge in [-0.25, -0.2) is 0 Å². The van der Waals surface area contributed by atoms with Gasteiger partial charge in [-0.1, -0.05) is 0 Å². The molecule has 7 heteroatoms. The molecule has 7 nitrogen and oxygen atoms in total. The van der Waals surface area contributed by atoms with Crippen molar-refractivity contribution < 1.29 is 4.79 Å². The molecule has 0 saturated heterocycles. The van der Waals surface area contributed by atoms with Gasteiger partial charge in [0, 0.05) is 29.2 Å². The number of aromatic amines is 2. The molecule has 3 aromatic heterocycles. The normalized spacial score (nSPS) is 12.1. The molecule has 118 valence electrons. The molecular formula is C16H18N6O. The van der Waals surface area contributed by atoms with Crippen LogP contribution in [-0.2, 0) is 0 Å². The summed E-state index contributed by atoms with van der Waals surface area (Å²) < 4.78 is 0. The Morgan fingerprint density at radius 1 is 1.17 bits per heavy atom. The van der Waals surface area contributed by atoms with Crippen LogP contribution in [0.1, 0.15) is 40.4 Å². The van der Waals surface area contributed by atoms with E-state index in [1.165, 1.54) is 0 Å². The van der Waals surface area contributed by atoms with E-state index in [0.717, 1.165) is 22.5 Å².